The predicted molar refractivity (Wildman–Crippen MR) is 67.9 cm³/mol. The molecule has 0 radical (unpaired) electrons. The number of hydrogen-bond donors (Lipinski definition) is 0. The fourth-order valence-corrected chi connectivity index (χ4v) is 2.11. The highest BCUT2D eigenvalue weighted by Crippen LogP contribution is 2.36. The maximum atomic E-state index is 11.4. The number of methoxy groups -OCH3 is 2. The van der Waals surface area contributed by atoms with Gasteiger partial charge in [-0.05, 0) is 37.5 Å². The van der Waals surface area contributed by atoms with E-state index in [0.717, 1.165) is 28.0 Å². The number of rotatable bonds is 3. The molecule has 0 amide bonds. The number of benzene rings is 1. The summed E-state index contributed by atoms with van der Waals surface area (Å²) in [4.78, 5) is 11.4. The van der Waals surface area contributed by atoms with E-state index in [1.165, 1.54) is 7.11 Å². The van der Waals surface area contributed by atoms with Crippen LogP contribution in [0.1, 0.15) is 22.3 Å². The molecule has 0 fully saturated rings. The van der Waals surface area contributed by atoms with Crippen LogP contribution in [0.2, 0.25) is 5.02 Å². The van der Waals surface area contributed by atoms with Crippen molar-refractivity contribution < 1.29 is 14.3 Å². The van der Waals surface area contributed by atoms with Crippen molar-refractivity contribution in [3.05, 3.63) is 27.3 Å². The van der Waals surface area contributed by atoms with Gasteiger partial charge in [0.1, 0.15) is 5.75 Å². The number of halogens is 1. The number of ether oxygens (including phenoxy) is 2. The molecule has 3 nitrogen and oxygen atoms in total. The molecule has 0 N–H and O–H groups in total. The molecule has 0 aromatic heterocycles. The van der Waals surface area contributed by atoms with Crippen LogP contribution in [0.5, 0.6) is 5.75 Å². The van der Waals surface area contributed by atoms with Gasteiger partial charge >= 0.3 is 5.97 Å². The summed E-state index contributed by atoms with van der Waals surface area (Å²) >= 11 is 6.24. The quantitative estimate of drug-likeness (QED) is 0.780. The summed E-state index contributed by atoms with van der Waals surface area (Å²) in [6.45, 7) is 5.75. The Morgan fingerprint density at radius 1 is 1.12 bits per heavy atom. The Hall–Kier alpha value is -1.22. The van der Waals surface area contributed by atoms with Crippen LogP contribution in [-0.4, -0.2) is 20.2 Å². The summed E-state index contributed by atoms with van der Waals surface area (Å²) < 4.78 is 10.1. The summed E-state index contributed by atoms with van der Waals surface area (Å²) in [5.41, 5.74) is 3.61. The molecule has 0 saturated carbocycles. The molecule has 0 aliphatic heterocycles. The molecule has 0 bridgehead atoms. The fourth-order valence-electron chi connectivity index (χ4n) is 1.85. The van der Waals surface area contributed by atoms with E-state index in [1.54, 1.807) is 7.11 Å². The van der Waals surface area contributed by atoms with E-state index in [9.17, 15) is 4.79 Å². The second-order valence-corrected chi connectivity index (χ2v) is 4.33. The summed E-state index contributed by atoms with van der Waals surface area (Å²) in [7, 11) is 2.96. The number of hydrogen-bond acceptors (Lipinski definition) is 3. The highest BCUT2D eigenvalue weighted by atomic mass is 35.5. The average Bonchev–Trinajstić information content (AvgIpc) is 2.33. The first-order chi connectivity index (χ1) is 7.93. The van der Waals surface area contributed by atoms with Crippen LogP contribution in [0.15, 0.2) is 0 Å². The van der Waals surface area contributed by atoms with Gasteiger partial charge in [-0.3, -0.25) is 4.79 Å². The molecule has 94 valence electrons. The van der Waals surface area contributed by atoms with Crippen molar-refractivity contribution in [2.75, 3.05) is 14.2 Å². The van der Waals surface area contributed by atoms with E-state index in [1.807, 2.05) is 20.8 Å². The van der Waals surface area contributed by atoms with Gasteiger partial charge in [0.15, 0.2) is 0 Å². The second kappa shape index (κ2) is 5.41. The van der Waals surface area contributed by atoms with Crippen LogP contribution in [0.3, 0.4) is 0 Å². The fraction of sp³-hybridized carbons (Fsp3) is 0.462. The van der Waals surface area contributed by atoms with Crippen LogP contribution < -0.4 is 4.74 Å². The standard InChI is InChI=1S/C13H17ClO3/c1-7-8(2)13(17-5)10(6-11(15)16-4)9(3)12(7)14/h6H2,1-5H3. The number of esters is 1. The Labute approximate surface area is 107 Å². The van der Waals surface area contributed by atoms with Crippen molar-refractivity contribution in [3.8, 4) is 5.75 Å². The van der Waals surface area contributed by atoms with Crippen LogP contribution in [0, 0.1) is 20.8 Å². The smallest absolute Gasteiger partial charge is 0.310 e. The van der Waals surface area contributed by atoms with Gasteiger partial charge in [0, 0.05) is 10.6 Å². The van der Waals surface area contributed by atoms with Gasteiger partial charge in [-0.15, -0.1) is 0 Å². The van der Waals surface area contributed by atoms with E-state index in [0.29, 0.717) is 5.02 Å². The largest absolute Gasteiger partial charge is 0.496 e. The lowest BCUT2D eigenvalue weighted by Gasteiger charge is -2.17. The minimum absolute atomic E-state index is 0.173. The SMILES string of the molecule is COC(=O)Cc1c(C)c(Cl)c(C)c(C)c1OC. The molecule has 0 unspecified atom stereocenters. The average molecular weight is 257 g/mol. The normalized spacial score (nSPS) is 10.2. The van der Waals surface area contributed by atoms with E-state index in [4.69, 9.17) is 16.3 Å². The molecule has 0 saturated heterocycles. The van der Waals surface area contributed by atoms with E-state index in [-0.39, 0.29) is 12.4 Å². The monoisotopic (exact) mass is 256 g/mol. The molecule has 0 aliphatic rings. The highest BCUT2D eigenvalue weighted by molar-refractivity contribution is 6.32. The second-order valence-electron chi connectivity index (χ2n) is 3.95. The van der Waals surface area contributed by atoms with Crippen LogP contribution in [-0.2, 0) is 16.0 Å². The third kappa shape index (κ3) is 2.55. The first kappa shape index (κ1) is 13.8. The Morgan fingerprint density at radius 2 is 1.71 bits per heavy atom. The molecule has 0 spiro atoms. The first-order valence-electron chi connectivity index (χ1n) is 5.32. The van der Waals surface area contributed by atoms with E-state index >= 15 is 0 Å². The van der Waals surface area contributed by atoms with Crippen molar-refractivity contribution >= 4 is 17.6 Å². The molecule has 4 heteroatoms. The molecule has 1 aromatic carbocycles. The topological polar surface area (TPSA) is 35.5 Å². The van der Waals surface area contributed by atoms with Crippen LogP contribution in [0.25, 0.3) is 0 Å². The lowest BCUT2D eigenvalue weighted by Crippen LogP contribution is -2.09. The Kier molecular flexibility index (Phi) is 4.40. The van der Waals surface area contributed by atoms with Gasteiger partial charge in [-0.1, -0.05) is 11.6 Å². The zero-order valence-electron chi connectivity index (χ0n) is 10.8. The molecule has 17 heavy (non-hydrogen) atoms. The van der Waals surface area contributed by atoms with Gasteiger partial charge < -0.3 is 9.47 Å². The van der Waals surface area contributed by atoms with Crippen molar-refractivity contribution in [2.24, 2.45) is 0 Å². The van der Waals surface area contributed by atoms with Crippen LogP contribution >= 0.6 is 11.6 Å². The molecular weight excluding hydrogens is 240 g/mol. The maximum Gasteiger partial charge on any atom is 0.310 e. The van der Waals surface area contributed by atoms with Gasteiger partial charge in [-0.25, -0.2) is 0 Å². The van der Waals surface area contributed by atoms with Gasteiger partial charge in [0.25, 0.3) is 0 Å². The van der Waals surface area contributed by atoms with Gasteiger partial charge in [0.2, 0.25) is 0 Å². The molecular formula is C13H17ClO3. The maximum absolute atomic E-state index is 11.4. The summed E-state index contributed by atoms with van der Waals surface area (Å²) in [6.07, 6.45) is 0.173. The lowest BCUT2D eigenvalue weighted by atomic mass is 9.96. The molecule has 1 rings (SSSR count). The third-order valence-corrected chi connectivity index (χ3v) is 3.61. The van der Waals surface area contributed by atoms with Gasteiger partial charge in [0.05, 0.1) is 20.6 Å². The van der Waals surface area contributed by atoms with E-state index in [2.05, 4.69) is 4.74 Å². The van der Waals surface area contributed by atoms with Crippen molar-refractivity contribution in [2.45, 2.75) is 27.2 Å². The third-order valence-electron chi connectivity index (χ3n) is 3.04. The summed E-state index contributed by atoms with van der Waals surface area (Å²) in [5, 5.41) is 0.683. The summed E-state index contributed by atoms with van der Waals surface area (Å²) in [6, 6.07) is 0. The Balaban J connectivity index is 3.41. The zero-order valence-corrected chi connectivity index (χ0v) is 11.6. The number of carbonyl (C=O) groups is 1. The van der Waals surface area contributed by atoms with Crippen LogP contribution in [0.4, 0.5) is 0 Å². The summed E-state index contributed by atoms with van der Waals surface area (Å²) in [5.74, 6) is 0.417. The number of carbonyl (C=O) groups excluding carboxylic acids is 1. The highest BCUT2D eigenvalue weighted by Gasteiger charge is 2.19. The minimum Gasteiger partial charge on any atom is -0.496 e. The molecule has 1 aromatic rings. The Bertz CT molecular complexity index is 453. The molecule has 0 atom stereocenters. The first-order valence-corrected chi connectivity index (χ1v) is 5.70. The van der Waals surface area contributed by atoms with Crippen molar-refractivity contribution in [3.63, 3.8) is 0 Å². The Morgan fingerprint density at radius 3 is 2.18 bits per heavy atom. The molecule has 0 aliphatic carbocycles. The lowest BCUT2D eigenvalue weighted by molar-refractivity contribution is -0.139. The van der Waals surface area contributed by atoms with Crippen molar-refractivity contribution in [1.29, 1.82) is 0 Å². The molecule has 0 heterocycles. The van der Waals surface area contributed by atoms with Crippen molar-refractivity contribution in [1.82, 2.24) is 0 Å². The predicted octanol–water partition coefficient (Wildman–Crippen LogP) is 2.99. The van der Waals surface area contributed by atoms with E-state index < -0.39 is 0 Å². The van der Waals surface area contributed by atoms with Gasteiger partial charge in [-0.2, -0.15) is 0 Å². The zero-order chi connectivity index (χ0) is 13.2. The minimum atomic E-state index is -0.300.